The van der Waals surface area contributed by atoms with Crippen LogP contribution in [0, 0.1) is 0 Å². The molecule has 11 heavy (non-hydrogen) atoms. The van der Waals surface area contributed by atoms with Crippen molar-refractivity contribution < 1.29 is 0 Å². The van der Waals surface area contributed by atoms with Gasteiger partial charge < -0.3 is 5.73 Å². The molecule has 4 heteroatoms. The lowest BCUT2D eigenvalue weighted by molar-refractivity contribution is 0.867. The Morgan fingerprint density at radius 1 is 1.82 bits per heavy atom. The minimum atomic E-state index is 0.0942. The van der Waals surface area contributed by atoms with E-state index in [9.17, 15) is 0 Å². The molecule has 1 aromatic heterocycles. The van der Waals surface area contributed by atoms with Gasteiger partial charge in [-0.15, -0.1) is 5.10 Å². The highest BCUT2D eigenvalue weighted by Crippen LogP contribution is 2.06. The lowest BCUT2D eigenvalue weighted by Crippen LogP contribution is -2.15. The van der Waals surface area contributed by atoms with Crippen LogP contribution in [0.4, 0.5) is 0 Å². The molecule has 0 aliphatic rings. The Morgan fingerprint density at radius 3 is 3.00 bits per heavy atom. The first-order chi connectivity index (χ1) is 5.20. The zero-order valence-corrected chi connectivity index (χ0v) is 7.43. The van der Waals surface area contributed by atoms with E-state index < -0.39 is 0 Å². The first-order valence-electron chi connectivity index (χ1n) is 3.41. The van der Waals surface area contributed by atoms with Crippen LogP contribution in [0.2, 0.25) is 0 Å². The first kappa shape index (κ1) is 8.36. The van der Waals surface area contributed by atoms with Gasteiger partial charge in [-0.1, -0.05) is 10.1 Å². The predicted octanol–water partition coefficient (Wildman–Crippen LogP) is 1.29. The van der Waals surface area contributed by atoms with E-state index in [0.717, 1.165) is 11.3 Å². The zero-order chi connectivity index (χ0) is 8.27. The Bertz CT molecular complexity index is 238. The van der Waals surface area contributed by atoms with Gasteiger partial charge in [0.25, 0.3) is 0 Å². The normalized spacial score (nSPS) is 15.0. The number of hydrogen-bond acceptors (Lipinski definition) is 4. The highest BCUT2D eigenvalue weighted by atomic mass is 32.1. The molecule has 0 aromatic carbocycles. The molecule has 0 aliphatic heterocycles. The summed E-state index contributed by atoms with van der Waals surface area (Å²) in [6.07, 6.45) is 1.95. The maximum absolute atomic E-state index is 5.64. The molecule has 0 saturated carbocycles. The van der Waals surface area contributed by atoms with Crippen molar-refractivity contribution in [1.82, 2.24) is 9.59 Å². The van der Waals surface area contributed by atoms with Crippen molar-refractivity contribution >= 4 is 17.6 Å². The Kier molecular flexibility index (Phi) is 2.73. The van der Waals surface area contributed by atoms with E-state index >= 15 is 0 Å². The van der Waals surface area contributed by atoms with Crippen LogP contribution in [0.25, 0.3) is 6.08 Å². The molecule has 0 spiro atoms. The fraction of sp³-hybridized carbons (Fsp3) is 0.429. The molecule has 1 rings (SSSR count). The van der Waals surface area contributed by atoms with E-state index in [1.807, 2.05) is 25.3 Å². The van der Waals surface area contributed by atoms with Crippen LogP contribution in [0.3, 0.4) is 0 Å². The lowest BCUT2D eigenvalue weighted by atomic mass is 10.1. The molecule has 2 N–H and O–H groups in total. The van der Waals surface area contributed by atoms with Crippen molar-refractivity contribution in [2.75, 3.05) is 0 Å². The third-order valence-corrected chi connectivity index (χ3v) is 1.99. The van der Waals surface area contributed by atoms with Crippen LogP contribution in [0.15, 0.2) is 11.0 Å². The fourth-order valence-corrected chi connectivity index (χ4v) is 1.01. The number of hydrogen-bond donors (Lipinski definition) is 1. The van der Waals surface area contributed by atoms with E-state index in [1.165, 1.54) is 11.5 Å². The van der Waals surface area contributed by atoms with Crippen LogP contribution >= 0.6 is 11.5 Å². The summed E-state index contributed by atoms with van der Waals surface area (Å²) in [4.78, 5) is 0. The SMILES string of the molecule is C/C(=C\c1csnn1)C(C)N. The molecule has 3 nitrogen and oxygen atoms in total. The van der Waals surface area contributed by atoms with Crippen molar-refractivity contribution in [2.24, 2.45) is 5.73 Å². The maximum atomic E-state index is 5.64. The van der Waals surface area contributed by atoms with Crippen molar-refractivity contribution in [1.29, 1.82) is 0 Å². The summed E-state index contributed by atoms with van der Waals surface area (Å²) in [6.45, 7) is 3.94. The Labute approximate surface area is 70.1 Å². The standard InChI is InChI=1S/C7H11N3S/c1-5(6(2)8)3-7-4-11-10-9-7/h3-4,6H,8H2,1-2H3/b5-3+. The highest BCUT2D eigenvalue weighted by Gasteiger charge is 1.97. The molecule has 0 amide bonds. The average molecular weight is 169 g/mol. The van der Waals surface area contributed by atoms with E-state index in [0.29, 0.717) is 0 Å². The van der Waals surface area contributed by atoms with Crippen LogP contribution in [-0.2, 0) is 0 Å². The quantitative estimate of drug-likeness (QED) is 0.725. The summed E-state index contributed by atoms with van der Waals surface area (Å²) in [5, 5.41) is 5.77. The summed E-state index contributed by atoms with van der Waals surface area (Å²) in [7, 11) is 0. The summed E-state index contributed by atoms with van der Waals surface area (Å²) in [6, 6.07) is 0.0942. The summed E-state index contributed by atoms with van der Waals surface area (Å²) in [5.41, 5.74) is 7.66. The topological polar surface area (TPSA) is 51.8 Å². The molecule has 1 aromatic rings. The second kappa shape index (κ2) is 3.59. The first-order valence-corrected chi connectivity index (χ1v) is 4.24. The second-order valence-electron chi connectivity index (χ2n) is 2.51. The maximum Gasteiger partial charge on any atom is 0.0981 e. The van der Waals surface area contributed by atoms with Crippen LogP contribution in [0.5, 0.6) is 0 Å². The molecule has 1 atom stereocenters. The smallest absolute Gasteiger partial charge is 0.0981 e. The summed E-state index contributed by atoms with van der Waals surface area (Å²) in [5.74, 6) is 0. The molecule has 1 unspecified atom stereocenters. The third-order valence-electron chi connectivity index (χ3n) is 1.47. The molecular weight excluding hydrogens is 158 g/mol. The zero-order valence-electron chi connectivity index (χ0n) is 6.61. The molecule has 0 bridgehead atoms. The molecule has 60 valence electrons. The van der Waals surface area contributed by atoms with E-state index in [-0.39, 0.29) is 6.04 Å². The number of aromatic nitrogens is 2. The van der Waals surface area contributed by atoms with Crippen LogP contribution in [0.1, 0.15) is 19.5 Å². The average Bonchev–Trinajstić information content (AvgIpc) is 2.39. The molecule has 1 heterocycles. The number of nitrogens with two attached hydrogens (primary N) is 1. The van der Waals surface area contributed by atoms with Gasteiger partial charge in [0.15, 0.2) is 0 Å². The lowest BCUT2D eigenvalue weighted by Gasteiger charge is -2.02. The monoisotopic (exact) mass is 169 g/mol. The van der Waals surface area contributed by atoms with Gasteiger partial charge in [-0.2, -0.15) is 0 Å². The van der Waals surface area contributed by atoms with Gasteiger partial charge in [-0.25, -0.2) is 0 Å². The van der Waals surface area contributed by atoms with Crippen molar-refractivity contribution in [2.45, 2.75) is 19.9 Å². The van der Waals surface area contributed by atoms with E-state index in [2.05, 4.69) is 9.59 Å². The Balaban J connectivity index is 2.74. The minimum absolute atomic E-state index is 0.0942. The number of nitrogens with zero attached hydrogens (tertiary/aromatic N) is 2. The van der Waals surface area contributed by atoms with Gasteiger partial charge in [-0.05, 0) is 31.5 Å². The van der Waals surface area contributed by atoms with E-state index in [4.69, 9.17) is 5.73 Å². The molecule has 0 radical (unpaired) electrons. The predicted molar refractivity (Wildman–Crippen MR) is 47.2 cm³/mol. The summed E-state index contributed by atoms with van der Waals surface area (Å²) < 4.78 is 3.74. The van der Waals surface area contributed by atoms with Gasteiger partial charge in [0.2, 0.25) is 0 Å². The third kappa shape index (κ3) is 2.40. The van der Waals surface area contributed by atoms with Crippen LogP contribution in [-0.4, -0.2) is 15.6 Å². The molecular formula is C7H11N3S. The Hall–Kier alpha value is -0.740. The summed E-state index contributed by atoms with van der Waals surface area (Å²) >= 11 is 1.35. The Morgan fingerprint density at radius 2 is 2.55 bits per heavy atom. The van der Waals surface area contributed by atoms with Crippen molar-refractivity contribution in [3.05, 3.63) is 16.6 Å². The molecule has 0 saturated heterocycles. The molecule has 0 aliphatic carbocycles. The van der Waals surface area contributed by atoms with Crippen molar-refractivity contribution in [3.63, 3.8) is 0 Å². The highest BCUT2D eigenvalue weighted by molar-refractivity contribution is 7.03. The second-order valence-corrected chi connectivity index (χ2v) is 3.12. The molecule has 0 fully saturated rings. The van der Waals surface area contributed by atoms with Gasteiger partial charge in [0, 0.05) is 11.4 Å². The van der Waals surface area contributed by atoms with Crippen molar-refractivity contribution in [3.8, 4) is 0 Å². The fourth-order valence-electron chi connectivity index (χ4n) is 0.599. The number of rotatable bonds is 2. The van der Waals surface area contributed by atoms with Gasteiger partial charge in [0.05, 0.1) is 5.69 Å². The largest absolute Gasteiger partial charge is 0.324 e. The van der Waals surface area contributed by atoms with Gasteiger partial charge in [-0.3, -0.25) is 0 Å². The van der Waals surface area contributed by atoms with Crippen LogP contribution < -0.4 is 5.73 Å². The van der Waals surface area contributed by atoms with Gasteiger partial charge >= 0.3 is 0 Å². The minimum Gasteiger partial charge on any atom is -0.324 e. The van der Waals surface area contributed by atoms with Gasteiger partial charge in [0.1, 0.15) is 0 Å². The van der Waals surface area contributed by atoms with E-state index in [1.54, 1.807) is 0 Å².